The Hall–Kier alpha value is -2.73. The van der Waals surface area contributed by atoms with Crippen LogP contribution in [0.1, 0.15) is 43.5 Å². The van der Waals surface area contributed by atoms with Crippen molar-refractivity contribution in [2.45, 2.75) is 39.7 Å². The number of ether oxygens (including phenoxy) is 3. The number of aryl methyl sites for hydroxylation is 1. The first kappa shape index (κ1) is 22.6. The van der Waals surface area contributed by atoms with Crippen LogP contribution in [0, 0.1) is 12.8 Å². The molecule has 6 heteroatoms. The summed E-state index contributed by atoms with van der Waals surface area (Å²) in [6.45, 7) is 7.85. The van der Waals surface area contributed by atoms with Gasteiger partial charge in [0.05, 0.1) is 30.9 Å². The van der Waals surface area contributed by atoms with E-state index < -0.39 is 29.9 Å². The van der Waals surface area contributed by atoms with Crippen LogP contribution in [0.4, 0.5) is 0 Å². The van der Waals surface area contributed by atoms with Crippen molar-refractivity contribution in [3.63, 3.8) is 0 Å². The van der Waals surface area contributed by atoms with Crippen LogP contribution >= 0.6 is 0 Å². The molecule has 2 rings (SSSR count). The second kappa shape index (κ2) is 11.3. The molecule has 0 spiro atoms. The van der Waals surface area contributed by atoms with Crippen molar-refractivity contribution in [1.29, 1.82) is 0 Å². The van der Waals surface area contributed by atoms with E-state index in [1.54, 1.807) is 20.0 Å². The van der Waals surface area contributed by atoms with Gasteiger partial charge in [0.25, 0.3) is 0 Å². The fraction of sp³-hybridized carbons (Fsp3) is 0.435. The first-order valence-corrected chi connectivity index (χ1v) is 9.95. The maximum Gasteiger partial charge on any atom is 0.323 e. The van der Waals surface area contributed by atoms with Crippen molar-refractivity contribution in [3.05, 3.63) is 65.5 Å². The van der Waals surface area contributed by atoms with Crippen LogP contribution in [0.2, 0.25) is 0 Å². The minimum atomic E-state index is -1.22. The highest BCUT2D eigenvalue weighted by atomic mass is 16.6. The molecule has 156 valence electrons. The third-order valence-electron chi connectivity index (χ3n) is 4.50. The summed E-state index contributed by atoms with van der Waals surface area (Å²) in [6.07, 6.45) is 0.861. The highest BCUT2D eigenvalue weighted by Gasteiger charge is 2.44. The van der Waals surface area contributed by atoms with E-state index in [0.29, 0.717) is 12.3 Å². The Balaban J connectivity index is 2.62. The molecule has 1 aromatic heterocycles. The second-order valence-electron chi connectivity index (χ2n) is 6.55. The highest BCUT2D eigenvalue weighted by Crippen LogP contribution is 2.34. The summed E-state index contributed by atoms with van der Waals surface area (Å²) in [6, 6.07) is 13.4. The summed E-state index contributed by atoms with van der Waals surface area (Å²) in [5, 5.41) is 0. The number of carbonyl (C=O) groups is 2. The molecule has 29 heavy (non-hydrogen) atoms. The van der Waals surface area contributed by atoms with Crippen LogP contribution < -0.4 is 0 Å². The molecule has 0 amide bonds. The summed E-state index contributed by atoms with van der Waals surface area (Å²) < 4.78 is 16.4. The minimum absolute atomic E-state index is 0.159. The van der Waals surface area contributed by atoms with Crippen LogP contribution in [-0.4, -0.2) is 42.8 Å². The van der Waals surface area contributed by atoms with E-state index in [-0.39, 0.29) is 13.2 Å². The van der Waals surface area contributed by atoms with Gasteiger partial charge in [0.2, 0.25) is 0 Å². The van der Waals surface area contributed by atoms with E-state index in [9.17, 15) is 9.59 Å². The second-order valence-corrected chi connectivity index (χ2v) is 6.55. The maximum atomic E-state index is 12.8. The number of esters is 2. The van der Waals surface area contributed by atoms with Crippen molar-refractivity contribution in [3.8, 4) is 0 Å². The number of aromatic nitrogens is 1. The molecule has 2 unspecified atom stereocenters. The van der Waals surface area contributed by atoms with Crippen LogP contribution in [0.15, 0.2) is 48.7 Å². The van der Waals surface area contributed by atoms with Crippen LogP contribution in [0.5, 0.6) is 0 Å². The molecule has 1 aromatic carbocycles. The van der Waals surface area contributed by atoms with Gasteiger partial charge in [-0.1, -0.05) is 35.9 Å². The van der Waals surface area contributed by atoms with Gasteiger partial charge in [-0.05, 0) is 45.4 Å². The molecular weight excluding hydrogens is 370 g/mol. The van der Waals surface area contributed by atoms with Gasteiger partial charge < -0.3 is 14.2 Å². The van der Waals surface area contributed by atoms with Gasteiger partial charge in [-0.2, -0.15) is 0 Å². The quantitative estimate of drug-likeness (QED) is 0.448. The average molecular weight is 399 g/mol. The number of rotatable bonds is 10. The van der Waals surface area contributed by atoms with Crippen molar-refractivity contribution < 1.29 is 23.8 Å². The van der Waals surface area contributed by atoms with E-state index >= 15 is 0 Å². The zero-order chi connectivity index (χ0) is 21.2. The Bertz CT molecular complexity index is 775. The Kier molecular flexibility index (Phi) is 8.80. The first-order valence-electron chi connectivity index (χ1n) is 9.95. The van der Waals surface area contributed by atoms with Crippen molar-refractivity contribution in [2.24, 2.45) is 5.92 Å². The van der Waals surface area contributed by atoms with Crippen LogP contribution in [0.25, 0.3) is 0 Å². The summed E-state index contributed by atoms with van der Waals surface area (Å²) in [7, 11) is 0. The van der Waals surface area contributed by atoms with E-state index in [0.717, 1.165) is 11.1 Å². The Morgan fingerprint density at radius 3 is 2.14 bits per heavy atom. The molecule has 0 saturated heterocycles. The van der Waals surface area contributed by atoms with Gasteiger partial charge in [0.15, 0.2) is 5.92 Å². The van der Waals surface area contributed by atoms with Crippen LogP contribution in [0.3, 0.4) is 0 Å². The molecule has 0 bridgehead atoms. The number of benzene rings is 1. The average Bonchev–Trinajstić information content (AvgIpc) is 2.70. The molecule has 0 N–H and O–H groups in total. The van der Waals surface area contributed by atoms with Crippen LogP contribution in [-0.2, 0) is 23.8 Å². The summed E-state index contributed by atoms with van der Waals surface area (Å²) >= 11 is 0. The molecule has 1 heterocycles. The standard InChI is InChI=1S/C23H29NO5/c1-5-27-21(20(22(25)28-6-2)23(26)29-7-3)19(18-13-8-9-14-24-18)17-12-10-11-16(4)15-17/h8-15,19-21H,5-7H2,1-4H3. The van der Waals surface area contributed by atoms with E-state index in [1.165, 1.54) is 0 Å². The van der Waals surface area contributed by atoms with Gasteiger partial charge >= 0.3 is 11.9 Å². The molecule has 0 radical (unpaired) electrons. The Morgan fingerprint density at radius 1 is 0.931 bits per heavy atom. The monoisotopic (exact) mass is 399 g/mol. The van der Waals surface area contributed by atoms with Gasteiger partial charge in [-0.25, -0.2) is 0 Å². The Morgan fingerprint density at radius 2 is 1.62 bits per heavy atom. The largest absolute Gasteiger partial charge is 0.465 e. The molecule has 0 aliphatic carbocycles. The zero-order valence-corrected chi connectivity index (χ0v) is 17.5. The number of carbonyl (C=O) groups excluding carboxylic acids is 2. The van der Waals surface area contributed by atoms with E-state index in [2.05, 4.69) is 4.98 Å². The van der Waals surface area contributed by atoms with Crippen molar-refractivity contribution >= 4 is 11.9 Å². The molecule has 2 atom stereocenters. The predicted molar refractivity (Wildman–Crippen MR) is 109 cm³/mol. The number of pyridine rings is 1. The summed E-state index contributed by atoms with van der Waals surface area (Å²) in [4.78, 5) is 30.1. The van der Waals surface area contributed by atoms with E-state index in [1.807, 2.05) is 56.3 Å². The maximum absolute atomic E-state index is 12.8. The van der Waals surface area contributed by atoms with E-state index in [4.69, 9.17) is 14.2 Å². The summed E-state index contributed by atoms with van der Waals surface area (Å²) in [5.74, 6) is -2.98. The molecule has 0 saturated carbocycles. The van der Waals surface area contributed by atoms with Gasteiger partial charge in [-0.15, -0.1) is 0 Å². The lowest BCUT2D eigenvalue weighted by Crippen LogP contribution is -2.43. The zero-order valence-electron chi connectivity index (χ0n) is 17.5. The number of nitrogens with zero attached hydrogens (tertiary/aromatic N) is 1. The lowest BCUT2D eigenvalue weighted by atomic mass is 9.82. The smallest absolute Gasteiger partial charge is 0.323 e. The minimum Gasteiger partial charge on any atom is -0.465 e. The van der Waals surface area contributed by atoms with Gasteiger partial charge in [0, 0.05) is 12.8 Å². The molecule has 0 aliphatic heterocycles. The first-order chi connectivity index (χ1) is 14.0. The molecule has 2 aromatic rings. The fourth-order valence-electron chi connectivity index (χ4n) is 3.36. The number of hydrogen-bond donors (Lipinski definition) is 0. The molecule has 6 nitrogen and oxygen atoms in total. The lowest BCUT2D eigenvalue weighted by molar-refractivity contribution is -0.169. The topological polar surface area (TPSA) is 74.7 Å². The fourth-order valence-corrected chi connectivity index (χ4v) is 3.36. The normalized spacial score (nSPS) is 13.0. The highest BCUT2D eigenvalue weighted by molar-refractivity contribution is 5.96. The third kappa shape index (κ3) is 5.87. The van der Waals surface area contributed by atoms with Crippen molar-refractivity contribution in [2.75, 3.05) is 19.8 Å². The van der Waals surface area contributed by atoms with Gasteiger partial charge in [-0.3, -0.25) is 14.6 Å². The number of hydrogen-bond acceptors (Lipinski definition) is 6. The molecule has 0 aliphatic rings. The Labute approximate surface area is 172 Å². The predicted octanol–water partition coefficient (Wildman–Crippen LogP) is 3.67. The molecule has 0 fully saturated rings. The molecular formula is C23H29NO5. The summed E-state index contributed by atoms with van der Waals surface area (Å²) in [5.41, 5.74) is 2.67. The SMILES string of the molecule is CCOC(=O)C(C(=O)OCC)C(OCC)C(c1cccc(C)c1)c1ccccn1. The van der Waals surface area contributed by atoms with Gasteiger partial charge in [0.1, 0.15) is 0 Å². The lowest BCUT2D eigenvalue weighted by Gasteiger charge is -2.31. The van der Waals surface area contributed by atoms with Crippen molar-refractivity contribution in [1.82, 2.24) is 4.98 Å². The third-order valence-corrected chi connectivity index (χ3v) is 4.50.